The zero-order valence-electron chi connectivity index (χ0n) is 13.8. The van der Waals surface area contributed by atoms with Crippen LogP contribution in [0.1, 0.15) is 26.3 Å². The van der Waals surface area contributed by atoms with Crippen molar-refractivity contribution < 1.29 is 40.7 Å². The molecule has 1 heterocycles. The molecule has 0 atom stereocenters. The number of carbonyl (C=O) groups is 2. The van der Waals surface area contributed by atoms with E-state index in [-0.39, 0.29) is 17.7 Å². The first kappa shape index (κ1) is 19.7. The predicted octanol–water partition coefficient (Wildman–Crippen LogP) is 4.35. The van der Waals surface area contributed by atoms with Gasteiger partial charge in [0.15, 0.2) is 0 Å². The maximum atomic E-state index is 12.5. The number of halogens is 6. The number of hydrogen-bond acceptors (Lipinski definition) is 3. The molecule has 0 radical (unpaired) electrons. The number of carbonyl (C=O) groups excluding carboxylic acids is 2. The highest BCUT2D eigenvalue weighted by Gasteiger charge is 2.59. The van der Waals surface area contributed by atoms with Crippen molar-refractivity contribution >= 4 is 11.8 Å². The van der Waals surface area contributed by atoms with Crippen LogP contribution in [0.5, 0.6) is 5.75 Å². The van der Waals surface area contributed by atoms with E-state index in [0.717, 1.165) is 17.0 Å². The molecule has 10 heteroatoms. The van der Waals surface area contributed by atoms with Crippen LogP contribution in [-0.4, -0.2) is 35.2 Å². The third-order valence-corrected chi connectivity index (χ3v) is 3.99. The van der Waals surface area contributed by atoms with Gasteiger partial charge < -0.3 is 4.74 Å². The number of hydrogen-bond donors (Lipinski definition) is 0. The van der Waals surface area contributed by atoms with Crippen molar-refractivity contribution in [3.8, 4) is 5.75 Å². The number of benzene rings is 2. The summed E-state index contributed by atoms with van der Waals surface area (Å²) in [6.07, 6.45) is -15.2. The van der Waals surface area contributed by atoms with Crippen LogP contribution in [0.3, 0.4) is 0 Å². The fraction of sp³-hybridized carbons (Fsp3) is 0.222. The highest BCUT2D eigenvalue weighted by Crippen LogP contribution is 2.36. The summed E-state index contributed by atoms with van der Waals surface area (Å²) in [4.78, 5) is 25.5. The van der Waals surface area contributed by atoms with E-state index in [1.54, 1.807) is 12.1 Å². The molecule has 2 aromatic rings. The van der Waals surface area contributed by atoms with Gasteiger partial charge in [0.1, 0.15) is 5.75 Å². The molecule has 0 aliphatic carbocycles. The van der Waals surface area contributed by atoms with Gasteiger partial charge in [0.25, 0.3) is 17.9 Å². The minimum absolute atomic E-state index is 0.186. The topological polar surface area (TPSA) is 46.6 Å². The number of fused-ring (bicyclic) bond motifs is 1. The van der Waals surface area contributed by atoms with Gasteiger partial charge in [-0.25, -0.2) is 0 Å². The summed E-state index contributed by atoms with van der Waals surface area (Å²) >= 11 is 0. The average molecular weight is 403 g/mol. The summed E-state index contributed by atoms with van der Waals surface area (Å²) in [6, 6.07) is 10.4. The first-order valence-electron chi connectivity index (χ1n) is 7.83. The molecule has 2 aromatic carbocycles. The molecule has 1 aliphatic rings. The molecular weight excluding hydrogens is 392 g/mol. The molecule has 3 rings (SSSR count). The van der Waals surface area contributed by atoms with E-state index in [1.165, 1.54) is 24.3 Å². The zero-order valence-corrected chi connectivity index (χ0v) is 13.8. The molecule has 0 N–H and O–H groups in total. The first-order chi connectivity index (χ1) is 13.0. The maximum absolute atomic E-state index is 12.5. The van der Waals surface area contributed by atoms with Crippen LogP contribution in [0.4, 0.5) is 26.3 Å². The van der Waals surface area contributed by atoms with Crippen molar-refractivity contribution in [1.29, 1.82) is 0 Å². The van der Waals surface area contributed by atoms with Crippen LogP contribution < -0.4 is 4.74 Å². The van der Waals surface area contributed by atoms with Crippen LogP contribution in [-0.2, 0) is 6.54 Å². The molecule has 1 aliphatic heterocycles. The van der Waals surface area contributed by atoms with Crippen molar-refractivity contribution in [2.75, 3.05) is 0 Å². The van der Waals surface area contributed by atoms with Gasteiger partial charge in [-0.3, -0.25) is 14.5 Å². The molecule has 0 fully saturated rings. The average Bonchev–Trinajstić information content (AvgIpc) is 2.84. The lowest BCUT2D eigenvalue weighted by molar-refractivity contribution is -0.299. The zero-order chi connectivity index (χ0) is 20.7. The maximum Gasteiger partial charge on any atom is 0.434 e. The Kier molecular flexibility index (Phi) is 4.82. The molecule has 0 bridgehead atoms. The Hall–Kier alpha value is -3.04. The van der Waals surface area contributed by atoms with Crippen molar-refractivity contribution in [2.45, 2.75) is 25.0 Å². The van der Waals surface area contributed by atoms with Crippen molar-refractivity contribution in [3.63, 3.8) is 0 Å². The monoisotopic (exact) mass is 403 g/mol. The van der Waals surface area contributed by atoms with Gasteiger partial charge in [-0.05, 0) is 29.8 Å². The first-order valence-corrected chi connectivity index (χ1v) is 7.83. The lowest BCUT2D eigenvalue weighted by atomic mass is 10.1. The van der Waals surface area contributed by atoms with Gasteiger partial charge >= 0.3 is 12.4 Å². The third-order valence-electron chi connectivity index (χ3n) is 3.99. The summed E-state index contributed by atoms with van der Waals surface area (Å²) in [5.74, 6) is -1.71. The molecule has 4 nitrogen and oxygen atoms in total. The summed E-state index contributed by atoms with van der Waals surface area (Å²) in [5, 5.41) is 0. The highest BCUT2D eigenvalue weighted by molar-refractivity contribution is 6.21. The molecule has 0 aromatic heterocycles. The van der Waals surface area contributed by atoms with Gasteiger partial charge in [0, 0.05) is 0 Å². The number of rotatable bonds is 4. The van der Waals surface area contributed by atoms with Gasteiger partial charge in [0.2, 0.25) is 0 Å². The lowest BCUT2D eigenvalue weighted by Crippen LogP contribution is -2.46. The number of imide groups is 1. The molecule has 28 heavy (non-hydrogen) atoms. The number of ether oxygens (including phenoxy) is 1. The van der Waals surface area contributed by atoms with Gasteiger partial charge in [-0.2, -0.15) is 26.3 Å². The van der Waals surface area contributed by atoms with Gasteiger partial charge in [0.05, 0.1) is 17.7 Å². The van der Waals surface area contributed by atoms with Crippen LogP contribution in [0.25, 0.3) is 0 Å². The highest BCUT2D eigenvalue weighted by atomic mass is 19.4. The normalized spacial score (nSPS) is 14.6. The fourth-order valence-corrected chi connectivity index (χ4v) is 2.69. The summed E-state index contributed by atoms with van der Waals surface area (Å²) in [7, 11) is 0. The summed E-state index contributed by atoms with van der Waals surface area (Å²) in [5.41, 5.74) is 0.786. The summed E-state index contributed by atoms with van der Waals surface area (Å²) < 4.78 is 79.3. The Morgan fingerprint density at radius 3 is 1.68 bits per heavy atom. The Labute approximate surface area is 154 Å². The van der Waals surface area contributed by atoms with Crippen molar-refractivity contribution in [2.24, 2.45) is 0 Å². The van der Waals surface area contributed by atoms with Crippen molar-refractivity contribution in [3.05, 3.63) is 65.2 Å². The second kappa shape index (κ2) is 6.84. The van der Waals surface area contributed by atoms with E-state index in [1.807, 2.05) is 0 Å². The molecule has 2 amide bonds. The molecule has 148 valence electrons. The predicted molar refractivity (Wildman–Crippen MR) is 83.6 cm³/mol. The smallest absolute Gasteiger partial charge is 0.434 e. The van der Waals surface area contributed by atoms with Crippen LogP contribution >= 0.6 is 0 Å². The third kappa shape index (κ3) is 3.80. The Morgan fingerprint density at radius 2 is 1.25 bits per heavy atom. The van der Waals surface area contributed by atoms with E-state index in [0.29, 0.717) is 5.56 Å². The van der Waals surface area contributed by atoms with Crippen LogP contribution in [0.15, 0.2) is 48.5 Å². The molecule has 0 spiro atoms. The minimum Gasteiger partial charge on any atom is -0.471 e. The van der Waals surface area contributed by atoms with E-state index < -0.39 is 36.0 Å². The van der Waals surface area contributed by atoms with E-state index in [4.69, 9.17) is 0 Å². The Balaban J connectivity index is 1.74. The van der Waals surface area contributed by atoms with Crippen LogP contribution in [0.2, 0.25) is 0 Å². The Bertz CT molecular complexity index is 856. The summed E-state index contributed by atoms with van der Waals surface area (Å²) in [6.45, 7) is -0.186. The van der Waals surface area contributed by atoms with Gasteiger partial charge in [-0.15, -0.1) is 0 Å². The SMILES string of the molecule is O=C1c2ccccc2C(=O)N1Cc1ccc(OC(C(F)(F)F)C(F)(F)F)cc1. The second-order valence-corrected chi connectivity index (χ2v) is 5.97. The molecular formula is C18H11F6NO3. The quantitative estimate of drug-likeness (QED) is 0.563. The molecule has 0 saturated heterocycles. The standard InChI is InChI=1S/C18H11F6NO3/c19-17(20,21)16(18(22,23)24)28-11-7-5-10(6-8-11)9-25-14(26)12-3-1-2-4-13(12)15(25)27/h1-8,16H,9H2. The van der Waals surface area contributed by atoms with Crippen LogP contribution in [0, 0.1) is 0 Å². The molecule has 0 saturated carbocycles. The second-order valence-electron chi connectivity index (χ2n) is 5.97. The molecule has 0 unspecified atom stereocenters. The minimum atomic E-state index is -5.63. The van der Waals surface area contributed by atoms with E-state index in [2.05, 4.69) is 4.74 Å². The Morgan fingerprint density at radius 1 is 0.786 bits per heavy atom. The number of nitrogens with zero attached hydrogens (tertiary/aromatic N) is 1. The van der Waals surface area contributed by atoms with Gasteiger partial charge in [-0.1, -0.05) is 24.3 Å². The fourth-order valence-electron chi connectivity index (χ4n) is 2.69. The van der Waals surface area contributed by atoms with E-state index >= 15 is 0 Å². The van der Waals surface area contributed by atoms with E-state index in [9.17, 15) is 35.9 Å². The largest absolute Gasteiger partial charge is 0.471 e. The number of alkyl halides is 6. The number of amides is 2. The lowest BCUT2D eigenvalue weighted by Gasteiger charge is -2.24. The van der Waals surface area contributed by atoms with Crippen molar-refractivity contribution in [1.82, 2.24) is 4.90 Å².